The van der Waals surface area contributed by atoms with Gasteiger partial charge >= 0.3 is 0 Å². The standard InChI is InChI=1S/C18H17NO2/c1-13-6-8-15(9-7-13)17(20)12-19-11-10-14-4-2-3-5-16(14)18(19)21/h2-11,17,20H,12H2,1H3. The van der Waals surface area contributed by atoms with Crippen LogP contribution < -0.4 is 5.56 Å². The molecule has 0 fully saturated rings. The normalized spacial score (nSPS) is 12.5. The Hall–Kier alpha value is -2.39. The van der Waals surface area contributed by atoms with Crippen molar-refractivity contribution < 1.29 is 5.11 Å². The Morgan fingerprint density at radius 1 is 1.05 bits per heavy atom. The maximum atomic E-state index is 12.4. The van der Waals surface area contributed by atoms with Crippen molar-refractivity contribution in [3.8, 4) is 0 Å². The molecule has 0 amide bonds. The number of aliphatic hydroxyl groups excluding tert-OH is 1. The molecule has 0 saturated carbocycles. The van der Waals surface area contributed by atoms with E-state index in [2.05, 4.69) is 0 Å². The third-order valence-electron chi connectivity index (χ3n) is 3.72. The molecule has 2 aromatic carbocycles. The summed E-state index contributed by atoms with van der Waals surface area (Å²) < 4.78 is 1.56. The lowest BCUT2D eigenvalue weighted by Crippen LogP contribution is -2.22. The van der Waals surface area contributed by atoms with E-state index in [4.69, 9.17) is 0 Å². The fourth-order valence-corrected chi connectivity index (χ4v) is 2.45. The van der Waals surface area contributed by atoms with Crippen LogP contribution in [-0.4, -0.2) is 9.67 Å². The molecule has 0 aliphatic heterocycles. The summed E-state index contributed by atoms with van der Waals surface area (Å²) in [5.74, 6) is 0. The molecule has 1 aromatic heterocycles. The molecule has 0 aliphatic carbocycles. The van der Waals surface area contributed by atoms with Crippen LogP contribution in [-0.2, 0) is 6.54 Å². The number of hydrogen-bond acceptors (Lipinski definition) is 2. The Bertz CT molecular complexity index is 818. The molecule has 0 bridgehead atoms. The van der Waals surface area contributed by atoms with Crippen molar-refractivity contribution in [2.75, 3.05) is 0 Å². The van der Waals surface area contributed by atoms with Crippen molar-refractivity contribution in [1.82, 2.24) is 4.57 Å². The third-order valence-corrected chi connectivity index (χ3v) is 3.72. The summed E-state index contributed by atoms with van der Waals surface area (Å²) in [5, 5.41) is 11.9. The van der Waals surface area contributed by atoms with Crippen molar-refractivity contribution in [3.63, 3.8) is 0 Å². The summed E-state index contributed by atoms with van der Waals surface area (Å²) in [6, 6.07) is 17.1. The quantitative estimate of drug-likeness (QED) is 0.800. The van der Waals surface area contributed by atoms with Gasteiger partial charge in [0.1, 0.15) is 0 Å². The van der Waals surface area contributed by atoms with E-state index in [1.165, 1.54) is 0 Å². The predicted octanol–water partition coefficient (Wildman–Crippen LogP) is 3.04. The van der Waals surface area contributed by atoms with Crippen LogP contribution in [0.4, 0.5) is 0 Å². The van der Waals surface area contributed by atoms with E-state index in [-0.39, 0.29) is 12.1 Å². The summed E-state index contributed by atoms with van der Waals surface area (Å²) in [6.45, 7) is 2.26. The number of pyridine rings is 1. The zero-order valence-electron chi connectivity index (χ0n) is 11.9. The second-order valence-corrected chi connectivity index (χ2v) is 5.29. The van der Waals surface area contributed by atoms with Crippen molar-refractivity contribution in [1.29, 1.82) is 0 Å². The Morgan fingerprint density at radius 2 is 1.76 bits per heavy atom. The van der Waals surface area contributed by atoms with Gasteiger partial charge in [0.25, 0.3) is 5.56 Å². The largest absolute Gasteiger partial charge is 0.387 e. The van der Waals surface area contributed by atoms with E-state index in [9.17, 15) is 9.90 Å². The molecule has 1 atom stereocenters. The summed E-state index contributed by atoms with van der Waals surface area (Å²) in [5.41, 5.74) is 1.90. The van der Waals surface area contributed by atoms with E-state index in [1.807, 2.05) is 61.5 Å². The number of aromatic nitrogens is 1. The minimum Gasteiger partial charge on any atom is -0.387 e. The highest BCUT2D eigenvalue weighted by Gasteiger charge is 2.10. The number of fused-ring (bicyclic) bond motifs is 1. The van der Waals surface area contributed by atoms with Crippen LogP contribution in [0, 0.1) is 6.92 Å². The monoisotopic (exact) mass is 279 g/mol. The van der Waals surface area contributed by atoms with E-state index >= 15 is 0 Å². The molecular formula is C18H17NO2. The smallest absolute Gasteiger partial charge is 0.258 e. The third kappa shape index (κ3) is 2.73. The van der Waals surface area contributed by atoms with Gasteiger partial charge in [0.05, 0.1) is 12.6 Å². The Morgan fingerprint density at radius 3 is 2.52 bits per heavy atom. The molecule has 3 nitrogen and oxygen atoms in total. The number of hydrogen-bond donors (Lipinski definition) is 1. The van der Waals surface area contributed by atoms with Crippen LogP contribution in [0.15, 0.2) is 65.6 Å². The summed E-state index contributed by atoms with van der Waals surface area (Å²) >= 11 is 0. The topological polar surface area (TPSA) is 42.2 Å². The van der Waals surface area contributed by atoms with E-state index in [0.717, 1.165) is 16.5 Å². The molecule has 1 heterocycles. The molecule has 21 heavy (non-hydrogen) atoms. The first-order chi connectivity index (χ1) is 10.1. The SMILES string of the molecule is Cc1ccc(C(O)Cn2ccc3ccccc3c2=O)cc1. The first-order valence-corrected chi connectivity index (χ1v) is 6.98. The van der Waals surface area contributed by atoms with Crippen molar-refractivity contribution in [3.05, 3.63) is 82.3 Å². The van der Waals surface area contributed by atoms with Gasteiger partial charge in [0, 0.05) is 11.6 Å². The summed E-state index contributed by atoms with van der Waals surface area (Å²) in [4.78, 5) is 12.4. The van der Waals surface area contributed by atoms with Gasteiger partial charge in [0.15, 0.2) is 0 Å². The van der Waals surface area contributed by atoms with Gasteiger partial charge in [-0.05, 0) is 30.0 Å². The van der Waals surface area contributed by atoms with Crippen molar-refractivity contribution in [2.45, 2.75) is 19.6 Å². The lowest BCUT2D eigenvalue weighted by atomic mass is 10.1. The predicted molar refractivity (Wildman–Crippen MR) is 84.3 cm³/mol. The highest BCUT2D eigenvalue weighted by atomic mass is 16.3. The molecule has 1 N–H and O–H groups in total. The second kappa shape index (κ2) is 5.54. The minimum absolute atomic E-state index is 0.0701. The van der Waals surface area contributed by atoms with Crippen LogP contribution >= 0.6 is 0 Å². The first-order valence-electron chi connectivity index (χ1n) is 6.98. The molecular weight excluding hydrogens is 262 g/mol. The van der Waals surface area contributed by atoms with Crippen LogP contribution in [0.2, 0.25) is 0 Å². The summed E-state index contributed by atoms with van der Waals surface area (Å²) in [6.07, 6.45) is 1.05. The first kappa shape index (κ1) is 13.6. The zero-order chi connectivity index (χ0) is 14.8. The highest BCUT2D eigenvalue weighted by molar-refractivity contribution is 5.81. The zero-order valence-corrected chi connectivity index (χ0v) is 11.9. The van der Waals surface area contributed by atoms with Gasteiger partial charge in [-0.3, -0.25) is 4.79 Å². The van der Waals surface area contributed by atoms with Gasteiger partial charge in [-0.2, -0.15) is 0 Å². The fourth-order valence-electron chi connectivity index (χ4n) is 2.45. The molecule has 0 spiro atoms. The average Bonchev–Trinajstić information content (AvgIpc) is 2.51. The fraction of sp³-hybridized carbons (Fsp3) is 0.167. The molecule has 1 unspecified atom stereocenters. The van der Waals surface area contributed by atoms with Gasteiger partial charge in [-0.25, -0.2) is 0 Å². The molecule has 3 aromatic rings. The Labute approximate surface area is 123 Å². The molecule has 0 aliphatic rings. The van der Waals surface area contributed by atoms with E-state index in [0.29, 0.717) is 5.39 Å². The van der Waals surface area contributed by atoms with Crippen LogP contribution in [0.25, 0.3) is 10.8 Å². The summed E-state index contributed by atoms with van der Waals surface area (Å²) in [7, 11) is 0. The van der Waals surface area contributed by atoms with Crippen LogP contribution in [0.1, 0.15) is 17.2 Å². The van der Waals surface area contributed by atoms with Crippen LogP contribution in [0.3, 0.4) is 0 Å². The lowest BCUT2D eigenvalue weighted by molar-refractivity contribution is 0.155. The minimum atomic E-state index is -0.690. The molecule has 3 rings (SSSR count). The Kier molecular flexibility index (Phi) is 3.59. The van der Waals surface area contributed by atoms with Gasteiger partial charge in [-0.1, -0.05) is 48.0 Å². The van der Waals surface area contributed by atoms with Crippen molar-refractivity contribution in [2.24, 2.45) is 0 Å². The number of aliphatic hydroxyl groups is 1. The van der Waals surface area contributed by atoms with E-state index < -0.39 is 6.10 Å². The second-order valence-electron chi connectivity index (χ2n) is 5.29. The average molecular weight is 279 g/mol. The molecule has 0 saturated heterocycles. The van der Waals surface area contributed by atoms with Crippen LogP contribution in [0.5, 0.6) is 0 Å². The Balaban J connectivity index is 1.93. The van der Waals surface area contributed by atoms with Gasteiger partial charge in [0.2, 0.25) is 0 Å². The molecule has 3 heteroatoms. The number of aryl methyl sites for hydroxylation is 1. The van der Waals surface area contributed by atoms with Crippen molar-refractivity contribution >= 4 is 10.8 Å². The molecule has 106 valence electrons. The maximum absolute atomic E-state index is 12.4. The number of rotatable bonds is 3. The maximum Gasteiger partial charge on any atom is 0.258 e. The number of nitrogens with zero attached hydrogens (tertiary/aromatic N) is 1. The highest BCUT2D eigenvalue weighted by Crippen LogP contribution is 2.16. The molecule has 0 radical (unpaired) electrons. The van der Waals surface area contributed by atoms with E-state index in [1.54, 1.807) is 10.8 Å². The number of benzene rings is 2. The van der Waals surface area contributed by atoms with Gasteiger partial charge < -0.3 is 9.67 Å². The van der Waals surface area contributed by atoms with Gasteiger partial charge in [-0.15, -0.1) is 0 Å². The lowest BCUT2D eigenvalue weighted by Gasteiger charge is -2.14.